The van der Waals surface area contributed by atoms with Crippen LogP contribution in [0, 0.1) is 5.92 Å². The molecule has 1 amide bonds. The van der Waals surface area contributed by atoms with Gasteiger partial charge in [-0.1, -0.05) is 87.5 Å². The summed E-state index contributed by atoms with van der Waals surface area (Å²) in [5.74, 6) is 0.732. The van der Waals surface area contributed by atoms with Gasteiger partial charge in [-0.2, -0.15) is 0 Å². The maximum Gasteiger partial charge on any atom is 0.261 e. The zero-order valence-electron chi connectivity index (χ0n) is 22.3. The van der Waals surface area contributed by atoms with E-state index in [1.165, 1.54) is 0 Å². The third kappa shape index (κ3) is 5.59. The predicted octanol–water partition coefficient (Wildman–Crippen LogP) is 4.12. The van der Waals surface area contributed by atoms with Gasteiger partial charge < -0.3 is 23.9 Å². The average Bonchev–Trinajstić information content (AvgIpc) is 3.36. The van der Waals surface area contributed by atoms with Gasteiger partial charge in [0.1, 0.15) is 0 Å². The third-order valence-electron chi connectivity index (χ3n) is 7.05. The molecule has 1 aliphatic rings. The summed E-state index contributed by atoms with van der Waals surface area (Å²) >= 11 is 0. The van der Waals surface area contributed by atoms with Crippen molar-refractivity contribution in [1.29, 1.82) is 0 Å². The number of nitrogens with zero attached hydrogens (tertiary/aromatic N) is 1. The Morgan fingerprint density at radius 2 is 1.51 bits per heavy atom. The lowest BCUT2D eigenvalue weighted by atomic mass is 9.93. The maximum atomic E-state index is 12.9. The topological polar surface area (TPSA) is 68.2 Å². The van der Waals surface area contributed by atoms with Crippen LogP contribution in [-0.4, -0.2) is 51.7 Å². The molecule has 0 saturated carbocycles. The summed E-state index contributed by atoms with van der Waals surface area (Å²) in [6, 6.07) is 26.2. The van der Waals surface area contributed by atoms with Crippen LogP contribution in [-0.2, 0) is 9.22 Å². The van der Waals surface area contributed by atoms with Crippen LogP contribution in [0.1, 0.15) is 38.9 Å². The van der Waals surface area contributed by atoms with E-state index in [0.717, 1.165) is 10.4 Å². The minimum Gasteiger partial charge on any atom is -0.454 e. The first-order valence-corrected chi connectivity index (χ1v) is 14.6. The first kappa shape index (κ1) is 26.9. The van der Waals surface area contributed by atoms with Crippen LogP contribution in [0.2, 0.25) is 5.04 Å². The quantitative estimate of drug-likeness (QED) is 0.431. The van der Waals surface area contributed by atoms with Gasteiger partial charge in [-0.05, 0) is 33.1 Å². The van der Waals surface area contributed by atoms with Crippen molar-refractivity contribution in [2.24, 2.45) is 5.92 Å². The molecule has 0 radical (unpaired) electrons. The van der Waals surface area contributed by atoms with E-state index < -0.39 is 20.3 Å². The standard InChI is InChI=1S/C30H37NO5Si/c1-30(2,3)37(24-12-8-6-9-13-24,25-14-10-7-11-15-25)36-20-23(19-28(32)31(4)5)29(33)22-16-17-26-27(18-22)35-21-34-26/h6-18,23,29,33H,19-21H2,1-5H3/t23-,29-/m1/s1. The Morgan fingerprint density at radius 1 is 0.946 bits per heavy atom. The molecule has 0 unspecified atom stereocenters. The number of fused-ring (bicyclic) bond motifs is 1. The Hall–Kier alpha value is -3.13. The van der Waals surface area contributed by atoms with Crippen LogP contribution < -0.4 is 19.8 Å². The molecule has 0 aliphatic carbocycles. The van der Waals surface area contributed by atoms with E-state index in [2.05, 4.69) is 45.0 Å². The molecule has 1 heterocycles. The highest BCUT2D eigenvalue weighted by Gasteiger charge is 2.50. The molecule has 3 aromatic carbocycles. The SMILES string of the molecule is CN(C)C(=O)C[C@H](CO[Si](c1ccccc1)(c1ccccc1)C(C)(C)C)[C@H](O)c1ccc2c(c1)OCO2. The molecule has 1 aliphatic heterocycles. The summed E-state index contributed by atoms with van der Waals surface area (Å²) in [6.45, 7) is 7.03. The molecule has 7 heteroatoms. The highest BCUT2D eigenvalue weighted by atomic mass is 28.4. The van der Waals surface area contributed by atoms with Gasteiger partial charge in [-0.15, -0.1) is 0 Å². The molecular weight excluding hydrogens is 482 g/mol. The van der Waals surface area contributed by atoms with Crippen molar-refractivity contribution in [3.63, 3.8) is 0 Å². The molecule has 0 spiro atoms. The van der Waals surface area contributed by atoms with Crippen LogP contribution in [0.5, 0.6) is 11.5 Å². The monoisotopic (exact) mass is 519 g/mol. The van der Waals surface area contributed by atoms with E-state index in [4.69, 9.17) is 13.9 Å². The van der Waals surface area contributed by atoms with Gasteiger partial charge in [-0.3, -0.25) is 4.79 Å². The molecular formula is C30H37NO5Si. The number of carbonyl (C=O) groups excluding carboxylic acids is 1. The molecule has 0 bridgehead atoms. The molecule has 6 nitrogen and oxygen atoms in total. The summed E-state index contributed by atoms with van der Waals surface area (Å²) < 4.78 is 18.1. The lowest BCUT2D eigenvalue weighted by Gasteiger charge is -2.44. The molecule has 196 valence electrons. The van der Waals surface area contributed by atoms with Crippen molar-refractivity contribution in [3.8, 4) is 11.5 Å². The minimum atomic E-state index is -2.83. The van der Waals surface area contributed by atoms with Crippen molar-refractivity contribution in [1.82, 2.24) is 4.90 Å². The van der Waals surface area contributed by atoms with Gasteiger partial charge in [0.05, 0.1) is 6.10 Å². The zero-order valence-corrected chi connectivity index (χ0v) is 23.3. The number of rotatable bonds is 9. The minimum absolute atomic E-state index is 0.0594. The van der Waals surface area contributed by atoms with Crippen LogP contribution in [0.25, 0.3) is 0 Å². The average molecular weight is 520 g/mol. The van der Waals surface area contributed by atoms with E-state index in [0.29, 0.717) is 17.1 Å². The van der Waals surface area contributed by atoms with E-state index >= 15 is 0 Å². The Kier molecular flexibility index (Phi) is 8.07. The fraction of sp³-hybridized carbons (Fsp3) is 0.367. The molecule has 0 saturated heterocycles. The normalized spacial score (nSPS) is 14.8. The molecule has 3 aromatic rings. The van der Waals surface area contributed by atoms with E-state index in [1.807, 2.05) is 42.5 Å². The van der Waals surface area contributed by atoms with Crippen LogP contribution >= 0.6 is 0 Å². The van der Waals surface area contributed by atoms with Crippen molar-refractivity contribution in [3.05, 3.63) is 84.4 Å². The number of carbonyl (C=O) groups is 1. The Labute approximate surface area is 220 Å². The summed E-state index contributed by atoms with van der Waals surface area (Å²) in [7, 11) is 0.628. The molecule has 1 N–H and O–H groups in total. The first-order valence-electron chi connectivity index (χ1n) is 12.7. The largest absolute Gasteiger partial charge is 0.454 e. The van der Waals surface area contributed by atoms with E-state index in [-0.39, 0.29) is 30.8 Å². The van der Waals surface area contributed by atoms with Crippen molar-refractivity contribution >= 4 is 24.6 Å². The molecule has 37 heavy (non-hydrogen) atoms. The lowest BCUT2D eigenvalue weighted by Crippen LogP contribution is -2.67. The molecule has 0 fully saturated rings. The summed E-state index contributed by atoms with van der Waals surface area (Å²) in [4.78, 5) is 14.4. The molecule has 4 rings (SSSR count). The number of ether oxygens (including phenoxy) is 2. The molecule has 0 aromatic heterocycles. The van der Waals surface area contributed by atoms with Crippen molar-refractivity contribution in [2.75, 3.05) is 27.5 Å². The van der Waals surface area contributed by atoms with Crippen LogP contribution in [0.15, 0.2) is 78.9 Å². The second kappa shape index (κ2) is 11.1. The number of amides is 1. The van der Waals surface area contributed by atoms with Gasteiger partial charge in [-0.25, -0.2) is 0 Å². The van der Waals surface area contributed by atoms with E-state index in [1.54, 1.807) is 31.1 Å². The van der Waals surface area contributed by atoms with Crippen molar-refractivity contribution < 1.29 is 23.8 Å². The number of hydrogen-bond donors (Lipinski definition) is 1. The zero-order chi connectivity index (χ0) is 26.6. The number of aliphatic hydroxyl groups is 1. The Morgan fingerprint density at radius 3 is 2.05 bits per heavy atom. The lowest BCUT2D eigenvalue weighted by molar-refractivity contribution is -0.131. The van der Waals surface area contributed by atoms with Gasteiger partial charge in [0.2, 0.25) is 12.7 Å². The summed E-state index contributed by atoms with van der Waals surface area (Å²) in [6.07, 6.45) is -0.766. The highest BCUT2D eigenvalue weighted by molar-refractivity contribution is 6.99. The van der Waals surface area contributed by atoms with Gasteiger partial charge in [0.15, 0.2) is 11.5 Å². The number of hydrogen-bond acceptors (Lipinski definition) is 5. The summed E-state index contributed by atoms with van der Waals surface area (Å²) in [5.41, 5.74) is 0.673. The summed E-state index contributed by atoms with van der Waals surface area (Å²) in [5, 5.41) is 13.7. The smallest absolute Gasteiger partial charge is 0.261 e. The van der Waals surface area contributed by atoms with Crippen LogP contribution in [0.4, 0.5) is 0 Å². The van der Waals surface area contributed by atoms with Crippen LogP contribution in [0.3, 0.4) is 0 Å². The van der Waals surface area contributed by atoms with E-state index in [9.17, 15) is 9.90 Å². The van der Waals surface area contributed by atoms with Crippen molar-refractivity contribution in [2.45, 2.75) is 38.3 Å². The maximum absolute atomic E-state index is 12.9. The second-order valence-electron chi connectivity index (χ2n) is 10.8. The molecule has 2 atom stereocenters. The number of aliphatic hydroxyl groups excluding tert-OH is 1. The van der Waals surface area contributed by atoms with Gasteiger partial charge in [0.25, 0.3) is 8.32 Å². The number of benzene rings is 3. The first-order chi connectivity index (χ1) is 17.6. The fourth-order valence-corrected chi connectivity index (χ4v) is 9.65. The highest BCUT2D eigenvalue weighted by Crippen LogP contribution is 2.39. The third-order valence-corrected chi connectivity index (χ3v) is 12.1. The van der Waals surface area contributed by atoms with Gasteiger partial charge in [0, 0.05) is 33.0 Å². The predicted molar refractivity (Wildman–Crippen MR) is 148 cm³/mol. The fourth-order valence-electron chi connectivity index (χ4n) is 5.03. The Balaban J connectivity index is 1.73. The second-order valence-corrected chi connectivity index (χ2v) is 15.1. The van der Waals surface area contributed by atoms with Gasteiger partial charge >= 0.3 is 0 Å². The Bertz CT molecular complexity index is 1150.